The first-order valence-corrected chi connectivity index (χ1v) is 11.8. The Morgan fingerprint density at radius 1 is 1.21 bits per heavy atom. The first kappa shape index (κ1) is 20.9. The predicted octanol–water partition coefficient (Wildman–Crippen LogP) is 5.19. The zero-order valence-corrected chi connectivity index (χ0v) is 20.6. The van der Waals surface area contributed by atoms with E-state index >= 15 is 0 Å². The highest BCUT2D eigenvalue weighted by atomic mass is 127. The van der Waals surface area contributed by atoms with Crippen molar-refractivity contribution in [2.24, 2.45) is 10.4 Å². The number of thiophene rings is 1. The molecule has 3 N–H and O–H groups in total. The van der Waals surface area contributed by atoms with Gasteiger partial charge in [-0.3, -0.25) is 9.79 Å². The lowest BCUT2D eigenvalue weighted by Gasteiger charge is -2.23. The molecule has 8 heteroatoms. The maximum absolute atomic E-state index is 12.8. The predicted molar refractivity (Wildman–Crippen MR) is 130 cm³/mol. The van der Waals surface area contributed by atoms with Gasteiger partial charge in [-0.05, 0) is 72.0 Å². The number of amides is 1. The van der Waals surface area contributed by atoms with Gasteiger partial charge in [-0.2, -0.15) is 0 Å². The van der Waals surface area contributed by atoms with Crippen LogP contribution in [0.2, 0.25) is 5.02 Å². The van der Waals surface area contributed by atoms with E-state index in [-0.39, 0.29) is 16.9 Å². The Morgan fingerprint density at radius 2 is 1.97 bits per heavy atom. The molecule has 4 rings (SSSR count). The Morgan fingerprint density at radius 3 is 2.62 bits per heavy atom. The van der Waals surface area contributed by atoms with Crippen LogP contribution in [0.1, 0.15) is 48.5 Å². The van der Waals surface area contributed by atoms with Crippen molar-refractivity contribution in [1.29, 1.82) is 0 Å². The van der Waals surface area contributed by atoms with Crippen LogP contribution in [-0.2, 0) is 6.42 Å². The molecule has 2 aliphatic rings. The fourth-order valence-electron chi connectivity index (χ4n) is 3.64. The minimum absolute atomic E-state index is 0.0172. The summed E-state index contributed by atoms with van der Waals surface area (Å²) in [7, 11) is 0. The fourth-order valence-corrected chi connectivity index (χ4v) is 5.69. The Bertz CT molecular complexity index is 1030. The first-order chi connectivity index (χ1) is 13.5. The van der Waals surface area contributed by atoms with Crippen LogP contribution in [0.4, 0.5) is 10.7 Å². The van der Waals surface area contributed by atoms with E-state index in [1.54, 1.807) is 0 Å². The molecule has 0 spiro atoms. The average molecular weight is 543 g/mol. The van der Waals surface area contributed by atoms with Crippen LogP contribution < -0.4 is 16.0 Å². The van der Waals surface area contributed by atoms with Crippen LogP contribution in [0.15, 0.2) is 23.2 Å². The molecule has 0 aliphatic carbocycles. The van der Waals surface area contributed by atoms with E-state index in [1.165, 1.54) is 11.3 Å². The van der Waals surface area contributed by atoms with E-state index in [4.69, 9.17) is 16.6 Å². The molecule has 1 amide bonds. The molecule has 0 fully saturated rings. The molecule has 2 aliphatic heterocycles. The number of nitrogens with zero attached hydrogens (tertiary/aromatic N) is 1. The molecule has 0 atom stereocenters. The summed E-state index contributed by atoms with van der Waals surface area (Å²) in [6, 6.07) is 5.90. The zero-order chi connectivity index (χ0) is 21.0. The highest BCUT2D eigenvalue weighted by molar-refractivity contribution is 14.1. The standard InChI is InChI=1S/C21H24ClIN4OS/c1-20(2)8-12-15(17-24-10-21(3,4)27-17)19(29-16(12)18(28)25-9-20)26-14-6-5-11(23)7-13(14)22/h5-7,26H,8-10H2,1-4H3,(H,24,27)(H,25,28). The third-order valence-corrected chi connectivity index (χ3v) is 7.25. The van der Waals surface area contributed by atoms with Gasteiger partial charge < -0.3 is 16.0 Å². The lowest BCUT2D eigenvalue weighted by molar-refractivity contribution is 0.0948. The molecule has 1 aromatic carbocycles. The van der Waals surface area contributed by atoms with Crippen LogP contribution >= 0.6 is 45.5 Å². The first-order valence-electron chi connectivity index (χ1n) is 9.55. The largest absolute Gasteiger partial charge is 0.367 e. The number of rotatable bonds is 3. The van der Waals surface area contributed by atoms with Crippen LogP contribution in [0.25, 0.3) is 0 Å². The average Bonchev–Trinajstić information content (AvgIpc) is 3.11. The Balaban J connectivity index is 1.87. The molecule has 0 unspecified atom stereocenters. The Kier molecular flexibility index (Phi) is 5.36. The van der Waals surface area contributed by atoms with Crippen molar-refractivity contribution in [2.75, 3.05) is 18.4 Å². The second-order valence-electron chi connectivity index (χ2n) is 9.01. The number of amidine groups is 1. The lowest BCUT2D eigenvalue weighted by Crippen LogP contribution is -2.31. The van der Waals surface area contributed by atoms with Gasteiger partial charge in [0.1, 0.15) is 10.8 Å². The summed E-state index contributed by atoms with van der Waals surface area (Å²) >= 11 is 10.2. The minimum atomic E-state index is -0.176. The van der Waals surface area contributed by atoms with Crippen molar-refractivity contribution < 1.29 is 4.79 Å². The van der Waals surface area contributed by atoms with Gasteiger partial charge in [-0.1, -0.05) is 25.4 Å². The molecular weight excluding hydrogens is 519 g/mol. The summed E-state index contributed by atoms with van der Waals surface area (Å²) in [6.45, 7) is 10.0. The fraction of sp³-hybridized carbons (Fsp3) is 0.429. The van der Waals surface area contributed by atoms with Gasteiger partial charge in [0, 0.05) is 16.7 Å². The molecular formula is C21H24ClIN4OS. The molecule has 0 radical (unpaired) electrons. The van der Waals surface area contributed by atoms with E-state index in [0.29, 0.717) is 11.6 Å². The number of nitrogens with one attached hydrogen (secondary N) is 3. The Hall–Kier alpha value is -1.32. The van der Waals surface area contributed by atoms with Gasteiger partial charge in [0.05, 0.1) is 26.7 Å². The SMILES string of the molecule is CC1(C)CNC(=O)c2sc(Nc3ccc(I)cc3Cl)c(C3=NC(C)(C)CN3)c2C1. The van der Waals surface area contributed by atoms with E-state index < -0.39 is 0 Å². The molecule has 0 saturated carbocycles. The Labute approximate surface area is 193 Å². The third kappa shape index (κ3) is 4.27. The van der Waals surface area contributed by atoms with Crippen molar-refractivity contribution in [3.8, 4) is 0 Å². The number of benzene rings is 1. The monoisotopic (exact) mass is 542 g/mol. The maximum atomic E-state index is 12.8. The van der Waals surface area contributed by atoms with Crippen LogP contribution in [-0.4, -0.2) is 30.4 Å². The lowest BCUT2D eigenvalue weighted by atomic mass is 9.85. The summed E-state index contributed by atoms with van der Waals surface area (Å²) in [5, 5.41) is 11.6. The van der Waals surface area contributed by atoms with Crippen LogP contribution in [0.3, 0.4) is 0 Å². The van der Waals surface area contributed by atoms with E-state index in [1.807, 2.05) is 18.2 Å². The van der Waals surface area contributed by atoms with E-state index in [9.17, 15) is 4.79 Å². The van der Waals surface area contributed by atoms with Gasteiger partial charge >= 0.3 is 0 Å². The number of halogens is 2. The van der Waals surface area contributed by atoms with Gasteiger partial charge in [0.2, 0.25) is 0 Å². The number of fused-ring (bicyclic) bond motifs is 1. The summed E-state index contributed by atoms with van der Waals surface area (Å²) < 4.78 is 1.07. The van der Waals surface area contributed by atoms with Gasteiger partial charge in [-0.25, -0.2) is 0 Å². The second-order valence-corrected chi connectivity index (χ2v) is 11.7. The van der Waals surface area contributed by atoms with Crippen molar-refractivity contribution >= 4 is 68.0 Å². The molecule has 3 heterocycles. The van der Waals surface area contributed by atoms with Crippen LogP contribution in [0.5, 0.6) is 0 Å². The van der Waals surface area contributed by atoms with Gasteiger partial charge in [0.25, 0.3) is 5.91 Å². The molecule has 154 valence electrons. The number of hydrogen-bond acceptors (Lipinski definition) is 5. The summed E-state index contributed by atoms with van der Waals surface area (Å²) in [6.07, 6.45) is 0.802. The topological polar surface area (TPSA) is 65.5 Å². The smallest absolute Gasteiger partial charge is 0.261 e. The maximum Gasteiger partial charge on any atom is 0.261 e. The number of carbonyl (C=O) groups is 1. The number of aliphatic imine (C=N–C) groups is 1. The molecule has 1 aromatic heterocycles. The van der Waals surface area contributed by atoms with Crippen LogP contribution in [0, 0.1) is 8.99 Å². The highest BCUT2D eigenvalue weighted by Crippen LogP contribution is 2.42. The van der Waals surface area contributed by atoms with E-state index in [2.05, 4.69) is 66.2 Å². The van der Waals surface area contributed by atoms with Gasteiger partial charge in [-0.15, -0.1) is 11.3 Å². The number of hydrogen-bond donors (Lipinski definition) is 3. The summed E-state index contributed by atoms with van der Waals surface area (Å²) in [4.78, 5) is 18.5. The van der Waals surface area contributed by atoms with E-state index in [0.717, 1.165) is 49.1 Å². The van der Waals surface area contributed by atoms with Gasteiger partial charge in [0.15, 0.2) is 0 Å². The second kappa shape index (κ2) is 7.42. The third-order valence-electron chi connectivity index (χ3n) is 5.12. The quantitative estimate of drug-likeness (QED) is 0.468. The molecule has 5 nitrogen and oxygen atoms in total. The minimum Gasteiger partial charge on any atom is -0.367 e. The normalized spacial score (nSPS) is 19.7. The number of carbonyl (C=O) groups excluding carboxylic acids is 1. The van der Waals surface area contributed by atoms with Crippen molar-refractivity contribution in [2.45, 2.75) is 39.7 Å². The molecule has 0 bridgehead atoms. The van der Waals surface area contributed by atoms with Crippen molar-refractivity contribution in [3.63, 3.8) is 0 Å². The highest BCUT2D eigenvalue weighted by Gasteiger charge is 2.36. The molecule has 29 heavy (non-hydrogen) atoms. The zero-order valence-electron chi connectivity index (χ0n) is 16.9. The number of anilines is 2. The molecule has 0 saturated heterocycles. The van der Waals surface area contributed by atoms with Crippen molar-refractivity contribution in [1.82, 2.24) is 10.6 Å². The summed E-state index contributed by atoms with van der Waals surface area (Å²) in [5.41, 5.74) is 2.66. The summed E-state index contributed by atoms with van der Waals surface area (Å²) in [5.74, 6) is 0.832. The molecule has 2 aromatic rings. The van der Waals surface area contributed by atoms with Crippen molar-refractivity contribution in [3.05, 3.63) is 42.8 Å².